The van der Waals surface area contributed by atoms with Gasteiger partial charge in [-0.15, -0.1) is 0 Å². The number of aryl methyl sites for hydroxylation is 2. The molecule has 0 radical (unpaired) electrons. The molecule has 1 aromatic carbocycles. The van der Waals surface area contributed by atoms with Crippen molar-refractivity contribution in [2.75, 3.05) is 13.1 Å². The Bertz CT molecular complexity index is 695. The molecular formula is C20H26FN3O. The molecule has 0 N–H and O–H groups in total. The van der Waals surface area contributed by atoms with Gasteiger partial charge in [0.25, 0.3) is 5.91 Å². The molecule has 1 aliphatic rings. The van der Waals surface area contributed by atoms with Crippen molar-refractivity contribution in [3.05, 3.63) is 53.6 Å². The number of hydrogen-bond acceptors (Lipinski definition) is 2. The molecule has 0 unspecified atom stereocenters. The van der Waals surface area contributed by atoms with Crippen molar-refractivity contribution in [1.82, 2.24) is 14.7 Å². The maximum absolute atomic E-state index is 13.0. The third-order valence-electron chi connectivity index (χ3n) is 4.93. The molecule has 25 heavy (non-hydrogen) atoms. The fourth-order valence-corrected chi connectivity index (χ4v) is 3.57. The highest BCUT2D eigenvalue weighted by Crippen LogP contribution is 2.23. The molecule has 134 valence electrons. The minimum absolute atomic E-state index is 0.0948. The van der Waals surface area contributed by atoms with Crippen LogP contribution in [0.2, 0.25) is 0 Å². The van der Waals surface area contributed by atoms with Crippen LogP contribution in [0.3, 0.4) is 0 Å². The van der Waals surface area contributed by atoms with Gasteiger partial charge in [0.05, 0.1) is 0 Å². The Morgan fingerprint density at radius 3 is 2.84 bits per heavy atom. The summed E-state index contributed by atoms with van der Waals surface area (Å²) in [5, 5.41) is 4.26. The Morgan fingerprint density at radius 2 is 2.08 bits per heavy atom. The van der Waals surface area contributed by atoms with Crippen LogP contribution in [0, 0.1) is 11.7 Å². The first kappa shape index (κ1) is 17.6. The molecule has 1 saturated heterocycles. The van der Waals surface area contributed by atoms with Gasteiger partial charge in [0.15, 0.2) is 0 Å². The van der Waals surface area contributed by atoms with E-state index in [0.29, 0.717) is 11.6 Å². The Labute approximate surface area is 148 Å². The summed E-state index contributed by atoms with van der Waals surface area (Å²) in [7, 11) is 0. The average molecular weight is 343 g/mol. The van der Waals surface area contributed by atoms with Gasteiger partial charge in [0, 0.05) is 25.8 Å². The number of rotatable bonds is 6. The van der Waals surface area contributed by atoms with E-state index in [0.717, 1.165) is 57.3 Å². The van der Waals surface area contributed by atoms with E-state index in [4.69, 9.17) is 0 Å². The van der Waals surface area contributed by atoms with E-state index in [-0.39, 0.29) is 11.7 Å². The summed E-state index contributed by atoms with van der Waals surface area (Å²) in [4.78, 5) is 14.8. The summed E-state index contributed by atoms with van der Waals surface area (Å²) < 4.78 is 14.8. The smallest absolute Gasteiger partial charge is 0.272 e. The van der Waals surface area contributed by atoms with Crippen molar-refractivity contribution in [1.29, 1.82) is 0 Å². The normalized spacial score (nSPS) is 17.7. The van der Waals surface area contributed by atoms with Crippen molar-refractivity contribution in [2.24, 2.45) is 5.92 Å². The van der Waals surface area contributed by atoms with Crippen molar-refractivity contribution >= 4 is 5.91 Å². The molecule has 1 atom stereocenters. The second kappa shape index (κ2) is 8.28. The first-order valence-electron chi connectivity index (χ1n) is 9.23. The zero-order chi connectivity index (χ0) is 17.6. The predicted octanol–water partition coefficient (Wildman–Crippen LogP) is 3.92. The number of carbonyl (C=O) groups is 1. The molecule has 4 nitrogen and oxygen atoms in total. The maximum Gasteiger partial charge on any atom is 0.272 e. The highest BCUT2D eigenvalue weighted by molar-refractivity contribution is 5.92. The van der Waals surface area contributed by atoms with Gasteiger partial charge in [-0.05, 0) is 61.8 Å². The molecule has 0 aliphatic carbocycles. The molecule has 1 aromatic heterocycles. The van der Waals surface area contributed by atoms with Crippen LogP contribution in [-0.2, 0) is 13.0 Å². The summed E-state index contributed by atoms with van der Waals surface area (Å²) in [6.45, 7) is 4.48. The highest BCUT2D eigenvalue weighted by atomic mass is 19.1. The van der Waals surface area contributed by atoms with Crippen LogP contribution < -0.4 is 0 Å². The van der Waals surface area contributed by atoms with Crippen LogP contribution in [0.4, 0.5) is 4.39 Å². The number of piperidine rings is 1. The van der Waals surface area contributed by atoms with Crippen LogP contribution >= 0.6 is 0 Å². The van der Waals surface area contributed by atoms with Gasteiger partial charge < -0.3 is 4.90 Å². The van der Waals surface area contributed by atoms with E-state index in [1.807, 2.05) is 27.8 Å². The van der Waals surface area contributed by atoms with Gasteiger partial charge in [-0.25, -0.2) is 4.39 Å². The first-order valence-corrected chi connectivity index (χ1v) is 9.23. The van der Waals surface area contributed by atoms with Gasteiger partial charge in [-0.1, -0.05) is 19.1 Å². The van der Waals surface area contributed by atoms with Crippen LogP contribution in [0.5, 0.6) is 0 Å². The number of benzene rings is 1. The van der Waals surface area contributed by atoms with Crippen molar-refractivity contribution in [3.8, 4) is 0 Å². The lowest BCUT2D eigenvalue weighted by Crippen LogP contribution is -2.41. The van der Waals surface area contributed by atoms with Crippen LogP contribution in [0.1, 0.15) is 48.7 Å². The topological polar surface area (TPSA) is 38.1 Å². The molecule has 3 rings (SSSR count). The third-order valence-corrected chi connectivity index (χ3v) is 4.93. The van der Waals surface area contributed by atoms with E-state index < -0.39 is 0 Å². The Balaban J connectivity index is 1.57. The molecule has 1 amide bonds. The Hall–Kier alpha value is -2.17. The minimum Gasteiger partial charge on any atom is -0.337 e. The van der Waals surface area contributed by atoms with Crippen LogP contribution in [-0.4, -0.2) is 33.7 Å². The summed E-state index contributed by atoms with van der Waals surface area (Å²) in [6.07, 6.45) is 6.83. The van der Waals surface area contributed by atoms with Crippen molar-refractivity contribution in [2.45, 2.75) is 45.6 Å². The number of halogens is 1. The lowest BCUT2D eigenvalue weighted by atomic mass is 9.91. The zero-order valence-corrected chi connectivity index (χ0v) is 14.8. The van der Waals surface area contributed by atoms with Gasteiger partial charge >= 0.3 is 0 Å². The van der Waals surface area contributed by atoms with Gasteiger partial charge in [-0.2, -0.15) is 5.10 Å². The molecule has 1 fully saturated rings. The Kier molecular flexibility index (Phi) is 5.84. The van der Waals surface area contributed by atoms with Crippen molar-refractivity contribution < 1.29 is 9.18 Å². The van der Waals surface area contributed by atoms with E-state index >= 15 is 0 Å². The quantitative estimate of drug-likeness (QED) is 0.797. The second-order valence-electron chi connectivity index (χ2n) is 6.86. The van der Waals surface area contributed by atoms with Crippen LogP contribution in [0.15, 0.2) is 36.5 Å². The summed E-state index contributed by atoms with van der Waals surface area (Å²) in [6, 6.07) is 8.55. The van der Waals surface area contributed by atoms with E-state index in [1.165, 1.54) is 12.1 Å². The lowest BCUT2D eigenvalue weighted by Gasteiger charge is -2.33. The average Bonchev–Trinajstić information content (AvgIpc) is 3.09. The molecule has 1 aliphatic heterocycles. The molecular weight excluding hydrogens is 317 g/mol. The predicted molar refractivity (Wildman–Crippen MR) is 95.9 cm³/mol. The molecule has 0 saturated carbocycles. The number of amides is 1. The first-order chi connectivity index (χ1) is 12.2. The van der Waals surface area contributed by atoms with Gasteiger partial charge in [0.1, 0.15) is 11.5 Å². The molecule has 2 heterocycles. The summed E-state index contributed by atoms with van der Waals surface area (Å²) in [5.74, 6) is 0.407. The largest absolute Gasteiger partial charge is 0.337 e. The van der Waals surface area contributed by atoms with Gasteiger partial charge in [0.2, 0.25) is 0 Å². The van der Waals surface area contributed by atoms with E-state index in [1.54, 1.807) is 6.20 Å². The lowest BCUT2D eigenvalue weighted by molar-refractivity contribution is 0.0655. The fraction of sp³-hybridized carbons (Fsp3) is 0.500. The number of hydrogen-bond donors (Lipinski definition) is 0. The third kappa shape index (κ3) is 4.47. The minimum atomic E-state index is -0.193. The number of nitrogens with zero attached hydrogens (tertiary/aromatic N) is 3. The standard InChI is InChI=1S/C20H26FN3O/c1-2-13-24-19(11-12-22-24)20(25)23-14-3-4-17(15-23)6-5-16-7-9-18(21)10-8-16/h7-12,17H,2-6,13-15H2,1H3/t17-/m0/s1. The summed E-state index contributed by atoms with van der Waals surface area (Å²) >= 11 is 0. The Morgan fingerprint density at radius 1 is 1.28 bits per heavy atom. The number of likely N-dealkylation sites (tertiary alicyclic amines) is 1. The molecule has 2 aromatic rings. The zero-order valence-electron chi connectivity index (χ0n) is 14.8. The van der Waals surface area contributed by atoms with E-state index in [9.17, 15) is 9.18 Å². The fourth-order valence-electron chi connectivity index (χ4n) is 3.57. The van der Waals surface area contributed by atoms with Crippen LogP contribution in [0.25, 0.3) is 0 Å². The second-order valence-corrected chi connectivity index (χ2v) is 6.86. The highest BCUT2D eigenvalue weighted by Gasteiger charge is 2.26. The van der Waals surface area contributed by atoms with Gasteiger partial charge in [-0.3, -0.25) is 9.48 Å². The molecule has 0 spiro atoms. The van der Waals surface area contributed by atoms with Crippen molar-refractivity contribution in [3.63, 3.8) is 0 Å². The monoisotopic (exact) mass is 343 g/mol. The maximum atomic E-state index is 13.0. The molecule has 0 bridgehead atoms. The molecule has 5 heteroatoms. The summed E-state index contributed by atoms with van der Waals surface area (Å²) in [5.41, 5.74) is 1.85. The number of aromatic nitrogens is 2. The number of carbonyl (C=O) groups excluding carboxylic acids is 1. The van der Waals surface area contributed by atoms with E-state index in [2.05, 4.69) is 12.0 Å². The SMILES string of the molecule is CCCn1nccc1C(=O)N1CCC[C@@H](CCc2ccc(F)cc2)C1.